The molecule has 1 rings (SSSR count). The average Bonchev–Trinajstić information content (AvgIpc) is 2.19. The molecule has 0 aromatic carbocycles. The molecular weight excluding hydrogens is 127 g/mol. The SMILES string of the molecule is [Li][C]1=C(CCC)CC(C)=C1C. The molecule has 0 bridgehead atoms. The van der Waals surface area contributed by atoms with Crippen molar-refractivity contribution in [3.8, 4) is 0 Å². The van der Waals surface area contributed by atoms with Gasteiger partial charge in [-0.25, -0.2) is 0 Å². The number of hydrogen-bond donors (Lipinski definition) is 0. The fraction of sp³-hybridized carbons (Fsp3) is 0.600. The van der Waals surface area contributed by atoms with Crippen molar-refractivity contribution in [2.45, 2.75) is 40.0 Å². The quantitative estimate of drug-likeness (QED) is 0.520. The van der Waals surface area contributed by atoms with Gasteiger partial charge >= 0.3 is 78.7 Å². The fourth-order valence-electron chi connectivity index (χ4n) is 1.75. The molecule has 0 heterocycles. The van der Waals surface area contributed by atoms with E-state index in [2.05, 4.69) is 38.5 Å². The van der Waals surface area contributed by atoms with E-state index >= 15 is 0 Å². The zero-order valence-corrected chi connectivity index (χ0v) is 8.12. The first kappa shape index (κ1) is 9.17. The summed E-state index contributed by atoms with van der Waals surface area (Å²) < 4.78 is 1.56. The van der Waals surface area contributed by atoms with Crippen LogP contribution >= 0.6 is 0 Å². The molecule has 1 aliphatic rings. The molecule has 0 nitrogen and oxygen atoms in total. The summed E-state index contributed by atoms with van der Waals surface area (Å²) in [6.07, 6.45) is 3.82. The van der Waals surface area contributed by atoms with Crippen LogP contribution in [0, 0.1) is 0 Å². The molecule has 0 fully saturated rings. The van der Waals surface area contributed by atoms with Gasteiger partial charge in [0.2, 0.25) is 0 Å². The summed E-state index contributed by atoms with van der Waals surface area (Å²) in [6.45, 7) is 6.75. The van der Waals surface area contributed by atoms with Gasteiger partial charge in [0.15, 0.2) is 0 Å². The van der Waals surface area contributed by atoms with Crippen molar-refractivity contribution in [1.29, 1.82) is 0 Å². The van der Waals surface area contributed by atoms with Crippen LogP contribution in [-0.2, 0) is 0 Å². The molecule has 0 amide bonds. The van der Waals surface area contributed by atoms with E-state index in [9.17, 15) is 0 Å². The second-order valence-corrected chi connectivity index (χ2v) is 3.56. The predicted octanol–water partition coefficient (Wildman–Crippen LogP) is 2.95. The van der Waals surface area contributed by atoms with Gasteiger partial charge in [-0.15, -0.1) is 0 Å². The van der Waals surface area contributed by atoms with Crippen LogP contribution in [0.2, 0.25) is 0 Å². The molecular formula is C10H15Li. The minimum atomic E-state index is 1.24. The van der Waals surface area contributed by atoms with Crippen LogP contribution in [0.25, 0.3) is 0 Å². The molecule has 0 aromatic heterocycles. The Hall–Kier alpha value is 0.0774. The fourth-order valence-corrected chi connectivity index (χ4v) is 1.75. The van der Waals surface area contributed by atoms with Crippen molar-refractivity contribution in [2.24, 2.45) is 0 Å². The van der Waals surface area contributed by atoms with Gasteiger partial charge < -0.3 is 0 Å². The molecule has 0 saturated carbocycles. The Kier molecular flexibility index (Phi) is 3.04. The second-order valence-electron chi connectivity index (χ2n) is 3.56. The van der Waals surface area contributed by atoms with E-state index < -0.39 is 0 Å². The molecule has 0 radical (unpaired) electrons. The Balaban J connectivity index is 2.75. The summed E-state index contributed by atoms with van der Waals surface area (Å²) in [5, 5.41) is 0. The zero-order chi connectivity index (χ0) is 8.43. The summed E-state index contributed by atoms with van der Waals surface area (Å²) in [6, 6.07) is 0. The van der Waals surface area contributed by atoms with E-state index in [1.807, 2.05) is 0 Å². The monoisotopic (exact) mass is 142 g/mol. The molecule has 11 heavy (non-hydrogen) atoms. The van der Waals surface area contributed by atoms with E-state index in [4.69, 9.17) is 0 Å². The van der Waals surface area contributed by atoms with Crippen molar-refractivity contribution in [3.63, 3.8) is 0 Å². The third-order valence-corrected chi connectivity index (χ3v) is 2.76. The molecule has 0 spiro atoms. The van der Waals surface area contributed by atoms with Crippen molar-refractivity contribution >= 4 is 17.7 Å². The van der Waals surface area contributed by atoms with Gasteiger partial charge in [0, 0.05) is 0 Å². The Morgan fingerprint density at radius 3 is 2.36 bits per heavy atom. The van der Waals surface area contributed by atoms with Crippen LogP contribution in [0.3, 0.4) is 0 Å². The van der Waals surface area contributed by atoms with Crippen LogP contribution in [-0.4, -0.2) is 17.7 Å². The maximum absolute atomic E-state index is 2.26. The third kappa shape index (κ3) is 1.81. The summed E-state index contributed by atoms with van der Waals surface area (Å²) in [5.74, 6) is 0. The van der Waals surface area contributed by atoms with E-state index in [1.54, 1.807) is 15.4 Å². The van der Waals surface area contributed by atoms with E-state index in [-0.39, 0.29) is 0 Å². The molecule has 1 heteroatoms. The molecule has 0 aromatic rings. The Morgan fingerprint density at radius 1 is 1.36 bits per heavy atom. The maximum atomic E-state index is 2.26. The predicted molar refractivity (Wildman–Crippen MR) is 50.7 cm³/mol. The topological polar surface area (TPSA) is 0 Å². The average molecular weight is 142 g/mol. The zero-order valence-electron chi connectivity index (χ0n) is 8.12. The van der Waals surface area contributed by atoms with Crippen molar-refractivity contribution in [1.82, 2.24) is 0 Å². The number of allylic oxidation sites excluding steroid dienone is 4. The summed E-state index contributed by atoms with van der Waals surface area (Å²) in [5.41, 5.74) is 4.78. The van der Waals surface area contributed by atoms with Crippen LogP contribution in [0.4, 0.5) is 0 Å². The first-order valence-corrected chi connectivity index (χ1v) is 4.52. The molecule has 0 aliphatic heterocycles. The van der Waals surface area contributed by atoms with Gasteiger partial charge in [-0.2, -0.15) is 0 Å². The summed E-state index contributed by atoms with van der Waals surface area (Å²) in [4.78, 5) is 0. The minimum absolute atomic E-state index is 1.24. The van der Waals surface area contributed by atoms with Gasteiger partial charge in [0.25, 0.3) is 0 Å². The first-order valence-electron chi connectivity index (χ1n) is 4.52. The van der Waals surface area contributed by atoms with Gasteiger partial charge in [0.1, 0.15) is 0 Å². The molecule has 1 aliphatic carbocycles. The van der Waals surface area contributed by atoms with Crippen molar-refractivity contribution in [2.75, 3.05) is 0 Å². The number of hydrogen-bond acceptors (Lipinski definition) is 0. The molecule has 0 atom stereocenters. The Bertz CT molecular complexity index is 221. The summed E-state index contributed by atoms with van der Waals surface area (Å²) in [7, 11) is 0. The molecule has 0 unspecified atom stereocenters. The van der Waals surface area contributed by atoms with E-state index in [0.29, 0.717) is 0 Å². The van der Waals surface area contributed by atoms with Crippen LogP contribution < -0.4 is 0 Å². The van der Waals surface area contributed by atoms with Gasteiger partial charge in [-0.05, 0) is 0 Å². The molecule has 0 N–H and O–H groups in total. The van der Waals surface area contributed by atoms with Crippen LogP contribution in [0.15, 0.2) is 21.0 Å². The number of rotatable bonds is 2. The van der Waals surface area contributed by atoms with Gasteiger partial charge in [-0.1, -0.05) is 0 Å². The third-order valence-electron chi connectivity index (χ3n) is 2.76. The summed E-state index contributed by atoms with van der Waals surface area (Å²) >= 11 is 2.26. The van der Waals surface area contributed by atoms with Crippen LogP contribution in [0.5, 0.6) is 0 Å². The standard InChI is InChI=1S/C10H15.Li/c1-4-5-10-6-8(2)9(3)7-10;/h4-6H2,1-3H3;. The molecule has 0 saturated heterocycles. The van der Waals surface area contributed by atoms with E-state index in [0.717, 1.165) is 0 Å². The van der Waals surface area contributed by atoms with Crippen LogP contribution in [0.1, 0.15) is 40.0 Å². The van der Waals surface area contributed by atoms with E-state index in [1.165, 1.54) is 24.8 Å². The Labute approximate surface area is 79.0 Å². The van der Waals surface area contributed by atoms with Crippen molar-refractivity contribution < 1.29 is 0 Å². The molecule has 56 valence electrons. The first-order chi connectivity index (χ1) is 5.16. The van der Waals surface area contributed by atoms with Crippen molar-refractivity contribution in [3.05, 3.63) is 21.0 Å². The van der Waals surface area contributed by atoms with Gasteiger partial charge in [-0.3, -0.25) is 0 Å². The Morgan fingerprint density at radius 2 is 2.00 bits per heavy atom. The second kappa shape index (κ2) is 3.65. The van der Waals surface area contributed by atoms with Gasteiger partial charge in [0.05, 0.1) is 0 Å². The normalized spacial score (nSPS) is 18.6.